The quantitative estimate of drug-likeness (QED) is 0.106. The molecule has 0 saturated heterocycles. The van der Waals surface area contributed by atoms with Crippen LogP contribution in [0, 0.1) is 0 Å². The van der Waals surface area contributed by atoms with Crippen LogP contribution in [0.4, 0.5) is 37.7 Å². The highest BCUT2D eigenvalue weighted by atomic mass is 32.2. The summed E-state index contributed by atoms with van der Waals surface area (Å²) in [5.74, 6) is 1.37. The zero-order valence-electron chi connectivity index (χ0n) is 29.2. The van der Waals surface area contributed by atoms with Crippen LogP contribution in [0.3, 0.4) is 0 Å². The van der Waals surface area contributed by atoms with Gasteiger partial charge in [-0.1, -0.05) is 51.0 Å². The first kappa shape index (κ1) is 38.9. The number of halogens is 6. The van der Waals surface area contributed by atoms with Crippen LogP contribution < -0.4 is 9.47 Å². The van der Waals surface area contributed by atoms with E-state index in [0.717, 1.165) is 49.9 Å². The van der Waals surface area contributed by atoms with Crippen LogP contribution in [0.1, 0.15) is 61.8 Å². The third-order valence-electron chi connectivity index (χ3n) is 8.04. The van der Waals surface area contributed by atoms with Crippen LogP contribution >= 0.6 is 23.5 Å². The van der Waals surface area contributed by atoms with Crippen LogP contribution in [0.5, 0.6) is 11.5 Å². The van der Waals surface area contributed by atoms with Gasteiger partial charge in [-0.25, -0.2) is 20.0 Å². The smallest absolute Gasteiger partial charge is 0.416 e. The Morgan fingerprint density at radius 1 is 0.519 bits per heavy atom. The number of thioether (sulfide) groups is 2. The summed E-state index contributed by atoms with van der Waals surface area (Å²) in [6.07, 6.45) is -5.21. The predicted molar refractivity (Wildman–Crippen MR) is 206 cm³/mol. The van der Waals surface area contributed by atoms with Crippen LogP contribution in [0.15, 0.2) is 127 Å². The molecule has 0 aliphatic carbocycles. The molecular formula is C40H34F6N4O2S2. The van der Waals surface area contributed by atoms with Gasteiger partial charge in [-0.2, -0.15) is 26.3 Å². The number of alkyl halides is 6. The Hall–Kier alpha value is -4.82. The molecule has 2 heterocycles. The Kier molecular flexibility index (Phi) is 12.3. The van der Waals surface area contributed by atoms with E-state index in [-0.39, 0.29) is 0 Å². The second-order valence-corrected chi connectivity index (χ2v) is 14.1. The molecule has 0 radical (unpaired) electrons. The van der Waals surface area contributed by atoms with E-state index >= 15 is 0 Å². The van der Waals surface area contributed by atoms with Crippen molar-refractivity contribution in [3.05, 3.63) is 129 Å². The summed E-state index contributed by atoms with van der Waals surface area (Å²) in [6, 6.07) is 23.6. The molecule has 0 spiro atoms. The normalized spacial score (nSPS) is 17.6. The molecule has 4 aromatic rings. The lowest BCUT2D eigenvalue weighted by Crippen LogP contribution is -2.09. The summed E-state index contributed by atoms with van der Waals surface area (Å²) in [6.45, 7) is 5.31. The first-order chi connectivity index (χ1) is 25.9. The van der Waals surface area contributed by atoms with Crippen molar-refractivity contribution < 1.29 is 35.8 Å². The predicted octanol–water partition coefficient (Wildman–Crippen LogP) is 12.4. The molecule has 6 rings (SSSR count). The molecule has 0 aromatic heterocycles. The topological polar surface area (TPSA) is 67.9 Å². The van der Waals surface area contributed by atoms with Crippen molar-refractivity contribution in [3.8, 4) is 11.5 Å². The maximum absolute atomic E-state index is 13.4. The molecule has 2 aliphatic rings. The Morgan fingerprint density at radius 3 is 1.19 bits per heavy atom. The minimum atomic E-state index is -4.52. The zero-order chi connectivity index (χ0) is 38.3. The monoisotopic (exact) mass is 780 g/mol. The van der Waals surface area contributed by atoms with Crippen LogP contribution in [0.2, 0.25) is 0 Å². The zero-order valence-corrected chi connectivity index (χ0v) is 30.8. The number of unbranched alkanes of at least 4 members (excludes halogenated alkanes) is 2. The van der Waals surface area contributed by atoms with Crippen LogP contribution in [-0.4, -0.2) is 34.7 Å². The highest BCUT2D eigenvalue weighted by molar-refractivity contribution is 8.22. The number of hydrogen-bond donors (Lipinski definition) is 0. The molecular weight excluding hydrogens is 747 g/mol. The van der Waals surface area contributed by atoms with E-state index in [1.165, 1.54) is 47.8 Å². The number of aliphatic imine (C=N–C) groups is 4. The molecule has 0 N–H and O–H groups in total. The summed E-state index contributed by atoms with van der Waals surface area (Å²) in [5, 5.41) is 1.66. The van der Waals surface area contributed by atoms with Gasteiger partial charge < -0.3 is 9.47 Å². The molecule has 0 fully saturated rings. The van der Waals surface area contributed by atoms with E-state index in [4.69, 9.17) is 29.4 Å². The fraction of sp³-hybridized carbons (Fsp3) is 0.250. The number of rotatable bonds is 12. The van der Waals surface area contributed by atoms with E-state index in [1.54, 1.807) is 48.5 Å². The molecule has 14 heteroatoms. The first-order valence-electron chi connectivity index (χ1n) is 17.2. The maximum Gasteiger partial charge on any atom is 0.416 e. The van der Waals surface area contributed by atoms with Gasteiger partial charge in [0.2, 0.25) is 0 Å². The molecule has 0 bridgehead atoms. The van der Waals surface area contributed by atoms with Crippen molar-refractivity contribution in [1.29, 1.82) is 0 Å². The number of nitrogens with zero attached hydrogens (tertiary/aromatic N) is 4. The lowest BCUT2D eigenvalue weighted by atomic mass is 10.1. The number of ether oxygens (including phenoxy) is 2. The lowest BCUT2D eigenvalue weighted by molar-refractivity contribution is -0.138. The fourth-order valence-electron chi connectivity index (χ4n) is 5.11. The van der Waals surface area contributed by atoms with Crippen molar-refractivity contribution in [1.82, 2.24) is 0 Å². The summed E-state index contributed by atoms with van der Waals surface area (Å²) >= 11 is 2.37. The molecule has 2 aliphatic heterocycles. The molecule has 0 unspecified atom stereocenters. The Morgan fingerprint density at radius 2 is 0.870 bits per heavy atom. The fourth-order valence-corrected chi connectivity index (χ4v) is 7.08. The minimum absolute atomic E-state index is 0.343. The van der Waals surface area contributed by atoms with E-state index < -0.39 is 23.5 Å². The Bertz CT molecular complexity index is 1940. The van der Waals surface area contributed by atoms with E-state index in [0.29, 0.717) is 78.8 Å². The average Bonchev–Trinajstić information content (AvgIpc) is 3.77. The summed E-state index contributed by atoms with van der Waals surface area (Å²) in [4.78, 5) is 19.2. The van der Waals surface area contributed by atoms with Gasteiger partial charge >= 0.3 is 12.4 Å². The first-order valence-corrected chi connectivity index (χ1v) is 18.8. The third-order valence-corrected chi connectivity index (χ3v) is 10.1. The molecule has 280 valence electrons. The van der Waals surface area contributed by atoms with Gasteiger partial charge in [0, 0.05) is 11.1 Å². The van der Waals surface area contributed by atoms with Gasteiger partial charge in [0.1, 0.15) is 43.1 Å². The second-order valence-electron chi connectivity index (χ2n) is 12.1. The standard InChI is InChI=1S/C40H34F6N4O2S2/c1-3-5-23-51-31-19-15-29(16-20-31)47-35-33(25-7-11-27(12-8-25)39(41,42)43)49-37(53-35)38-50-34(26-9-13-28(14-10-26)40(44,45)46)36(54-38)48-30-17-21-32(22-18-30)52-24-6-4-2/h7-22H,3-6,23-24H2,1-2H3/b38-37+,47-35?,48-36?. The third kappa shape index (κ3) is 9.83. The average molecular weight is 781 g/mol. The van der Waals surface area contributed by atoms with Gasteiger partial charge in [-0.3, -0.25) is 0 Å². The van der Waals surface area contributed by atoms with Crippen LogP contribution in [-0.2, 0) is 12.4 Å². The minimum Gasteiger partial charge on any atom is -0.494 e. The summed E-state index contributed by atoms with van der Waals surface area (Å²) < 4.78 is 92.1. The lowest BCUT2D eigenvalue weighted by Gasteiger charge is -2.08. The SMILES string of the molecule is CCCCOc1ccc(N=C2S/C(=C3\N=C(c4ccc(C(F)(F)F)cc4)C(=Nc4ccc(OCCCC)cc4)S3)N=C2c2ccc(C(F)(F)F)cc2)cc1. The molecule has 6 nitrogen and oxygen atoms in total. The molecule has 0 amide bonds. The Labute approximate surface area is 317 Å². The van der Waals surface area contributed by atoms with E-state index in [1.807, 2.05) is 0 Å². The summed E-state index contributed by atoms with van der Waals surface area (Å²) in [7, 11) is 0. The van der Waals surface area contributed by atoms with E-state index in [9.17, 15) is 26.3 Å². The summed E-state index contributed by atoms with van der Waals surface area (Å²) in [5.41, 5.74) is 1.06. The second kappa shape index (κ2) is 17.1. The van der Waals surface area contributed by atoms with E-state index in [2.05, 4.69) is 13.8 Å². The highest BCUT2D eigenvalue weighted by Gasteiger charge is 2.34. The molecule has 0 saturated carbocycles. The van der Waals surface area contributed by atoms with Gasteiger partial charge in [0.15, 0.2) is 0 Å². The van der Waals surface area contributed by atoms with Crippen molar-refractivity contribution in [3.63, 3.8) is 0 Å². The van der Waals surface area contributed by atoms with Crippen molar-refractivity contribution in [2.24, 2.45) is 20.0 Å². The largest absolute Gasteiger partial charge is 0.494 e. The number of hydrogen-bond acceptors (Lipinski definition) is 8. The van der Waals surface area contributed by atoms with Crippen molar-refractivity contribution in [2.45, 2.75) is 51.9 Å². The maximum atomic E-state index is 13.4. The van der Waals surface area contributed by atoms with Gasteiger partial charge in [0.25, 0.3) is 0 Å². The molecule has 54 heavy (non-hydrogen) atoms. The Balaban J connectivity index is 1.39. The van der Waals surface area contributed by atoms with Gasteiger partial charge in [-0.05, 0) is 109 Å². The molecule has 0 atom stereocenters. The van der Waals surface area contributed by atoms with Crippen LogP contribution in [0.25, 0.3) is 0 Å². The van der Waals surface area contributed by atoms with Crippen molar-refractivity contribution >= 4 is 56.4 Å². The molecule has 4 aromatic carbocycles. The van der Waals surface area contributed by atoms with Gasteiger partial charge in [0.05, 0.1) is 35.7 Å². The number of benzene rings is 4. The van der Waals surface area contributed by atoms with Crippen molar-refractivity contribution in [2.75, 3.05) is 13.2 Å². The highest BCUT2D eigenvalue weighted by Crippen LogP contribution is 2.43. The van der Waals surface area contributed by atoms with Gasteiger partial charge in [-0.15, -0.1) is 0 Å².